The molecule has 0 radical (unpaired) electrons. The number of fused-ring (bicyclic) bond motifs is 1. The Hall–Kier alpha value is 0.400. The van der Waals surface area contributed by atoms with Gasteiger partial charge in [0.1, 0.15) is 0 Å². The third kappa shape index (κ3) is 1.06. The van der Waals surface area contributed by atoms with E-state index in [0.717, 1.165) is 12.3 Å². The van der Waals surface area contributed by atoms with Gasteiger partial charge in [0.25, 0.3) is 0 Å². The van der Waals surface area contributed by atoms with Gasteiger partial charge in [-0.25, -0.2) is 0 Å². The molecule has 0 saturated carbocycles. The minimum atomic E-state index is 0.167. The van der Waals surface area contributed by atoms with Gasteiger partial charge in [-0.15, -0.1) is 23.5 Å². The zero-order valence-electron chi connectivity index (χ0n) is 6.86. The van der Waals surface area contributed by atoms with Crippen molar-refractivity contribution in [2.24, 2.45) is 5.92 Å². The van der Waals surface area contributed by atoms with E-state index in [0.29, 0.717) is 6.10 Å². The lowest BCUT2D eigenvalue weighted by atomic mass is 10.1. The van der Waals surface area contributed by atoms with Gasteiger partial charge in [-0.05, 0) is 6.42 Å². The molecule has 12 heavy (non-hydrogen) atoms. The molecule has 66 valence electrons. The largest absolute Gasteiger partial charge is 0.351 e. The molecule has 1 aliphatic carbocycles. The highest BCUT2D eigenvalue weighted by Gasteiger charge is 2.49. The number of ether oxygens (including phenoxy) is 1. The van der Waals surface area contributed by atoms with E-state index in [4.69, 9.17) is 4.74 Å². The number of thioether (sulfide) groups is 2. The van der Waals surface area contributed by atoms with Gasteiger partial charge < -0.3 is 4.74 Å². The summed E-state index contributed by atoms with van der Waals surface area (Å²) in [6.07, 6.45) is 7.52. The van der Waals surface area contributed by atoms with Crippen LogP contribution in [0.4, 0.5) is 0 Å². The molecular formula is C9H12OS2. The van der Waals surface area contributed by atoms with Crippen LogP contribution in [0.3, 0.4) is 0 Å². The zero-order valence-corrected chi connectivity index (χ0v) is 8.50. The van der Waals surface area contributed by atoms with Crippen molar-refractivity contribution in [3.63, 3.8) is 0 Å². The molecule has 3 aliphatic rings. The van der Waals surface area contributed by atoms with Crippen molar-refractivity contribution < 1.29 is 4.74 Å². The summed E-state index contributed by atoms with van der Waals surface area (Å²) in [5, 5.41) is 0. The van der Waals surface area contributed by atoms with Crippen molar-refractivity contribution in [3.05, 3.63) is 12.2 Å². The lowest BCUT2D eigenvalue weighted by molar-refractivity contribution is 0.0729. The summed E-state index contributed by atoms with van der Waals surface area (Å²) in [6, 6.07) is 0. The molecule has 1 nitrogen and oxygen atoms in total. The van der Waals surface area contributed by atoms with Crippen molar-refractivity contribution in [2.75, 3.05) is 11.5 Å². The summed E-state index contributed by atoms with van der Waals surface area (Å²) in [7, 11) is 0. The Balaban J connectivity index is 1.81. The Bertz CT molecular complexity index is 221. The fourth-order valence-corrected chi connectivity index (χ4v) is 5.34. The average molecular weight is 200 g/mol. The van der Waals surface area contributed by atoms with Crippen LogP contribution in [-0.4, -0.2) is 21.9 Å². The van der Waals surface area contributed by atoms with Crippen LogP contribution in [0.1, 0.15) is 12.8 Å². The summed E-state index contributed by atoms with van der Waals surface area (Å²) in [5.74, 6) is 3.27. The fourth-order valence-electron chi connectivity index (χ4n) is 2.21. The number of hydrogen-bond acceptors (Lipinski definition) is 3. The second kappa shape index (κ2) is 2.69. The van der Waals surface area contributed by atoms with Crippen molar-refractivity contribution in [3.8, 4) is 0 Å². The highest BCUT2D eigenvalue weighted by Crippen LogP contribution is 2.56. The standard InChI is InChI=1S/C9H12OS2/c1-2-7-6-9(10-8(7)3-1)11-4-5-12-9/h1-2,7-8H,3-6H2/t7-,8-/m0/s1. The second-order valence-corrected chi connectivity index (χ2v) is 6.54. The van der Waals surface area contributed by atoms with E-state index in [9.17, 15) is 0 Å². The molecule has 0 aromatic heterocycles. The van der Waals surface area contributed by atoms with Crippen LogP contribution in [-0.2, 0) is 4.74 Å². The maximum atomic E-state index is 6.10. The molecule has 2 heterocycles. The predicted octanol–water partition coefficient (Wildman–Crippen LogP) is 2.49. The highest BCUT2D eigenvalue weighted by molar-refractivity contribution is 8.21. The summed E-state index contributed by atoms with van der Waals surface area (Å²) in [6.45, 7) is 0. The molecule has 0 aromatic carbocycles. The van der Waals surface area contributed by atoms with Gasteiger partial charge in [0.05, 0.1) is 6.10 Å². The summed E-state index contributed by atoms with van der Waals surface area (Å²) in [5.41, 5.74) is 0. The van der Waals surface area contributed by atoms with E-state index in [1.54, 1.807) is 0 Å². The smallest absolute Gasteiger partial charge is 0.161 e. The Morgan fingerprint density at radius 1 is 1.33 bits per heavy atom. The third-order valence-corrected chi connectivity index (χ3v) is 5.96. The van der Waals surface area contributed by atoms with Gasteiger partial charge in [-0.3, -0.25) is 0 Å². The van der Waals surface area contributed by atoms with E-state index in [2.05, 4.69) is 12.2 Å². The predicted molar refractivity (Wildman–Crippen MR) is 54.4 cm³/mol. The Kier molecular flexibility index (Phi) is 1.74. The molecule has 2 fully saturated rings. The number of hydrogen-bond donors (Lipinski definition) is 0. The molecule has 2 saturated heterocycles. The number of rotatable bonds is 0. The average Bonchev–Trinajstić information content (AvgIpc) is 2.66. The van der Waals surface area contributed by atoms with Crippen LogP contribution in [0.2, 0.25) is 0 Å². The van der Waals surface area contributed by atoms with Crippen LogP contribution in [0, 0.1) is 5.92 Å². The van der Waals surface area contributed by atoms with Crippen molar-refractivity contribution in [1.82, 2.24) is 0 Å². The summed E-state index contributed by atoms with van der Waals surface area (Å²) < 4.78 is 6.26. The molecule has 2 aliphatic heterocycles. The molecular weight excluding hydrogens is 188 g/mol. The zero-order chi connectivity index (χ0) is 8.02. The normalized spacial score (nSPS) is 42.7. The monoisotopic (exact) mass is 200 g/mol. The first-order chi connectivity index (χ1) is 5.88. The lowest BCUT2D eigenvalue weighted by Crippen LogP contribution is -2.17. The first-order valence-corrected chi connectivity index (χ1v) is 6.47. The topological polar surface area (TPSA) is 9.23 Å². The molecule has 0 amide bonds. The third-order valence-electron chi connectivity index (χ3n) is 2.77. The molecule has 2 atom stereocenters. The van der Waals surface area contributed by atoms with E-state index < -0.39 is 0 Å². The van der Waals surface area contributed by atoms with E-state index in [1.165, 1.54) is 17.9 Å². The minimum absolute atomic E-state index is 0.167. The Morgan fingerprint density at radius 3 is 2.92 bits per heavy atom. The van der Waals surface area contributed by atoms with Crippen LogP contribution < -0.4 is 0 Å². The van der Waals surface area contributed by atoms with Gasteiger partial charge in [-0.2, -0.15) is 0 Å². The first kappa shape index (κ1) is 7.77. The summed E-state index contributed by atoms with van der Waals surface area (Å²) >= 11 is 4.03. The van der Waals surface area contributed by atoms with E-state index >= 15 is 0 Å². The fraction of sp³-hybridized carbons (Fsp3) is 0.778. The molecule has 0 bridgehead atoms. The van der Waals surface area contributed by atoms with Crippen LogP contribution in [0.5, 0.6) is 0 Å². The molecule has 1 spiro atoms. The Morgan fingerprint density at radius 2 is 2.17 bits per heavy atom. The van der Waals surface area contributed by atoms with Crippen LogP contribution >= 0.6 is 23.5 Å². The quantitative estimate of drug-likeness (QED) is 0.556. The van der Waals surface area contributed by atoms with E-state index in [-0.39, 0.29) is 4.27 Å². The molecule has 0 aromatic rings. The van der Waals surface area contributed by atoms with Gasteiger partial charge in [0, 0.05) is 23.8 Å². The molecule has 0 N–H and O–H groups in total. The first-order valence-electron chi connectivity index (χ1n) is 4.50. The van der Waals surface area contributed by atoms with Gasteiger partial charge in [-0.1, -0.05) is 12.2 Å². The summed E-state index contributed by atoms with van der Waals surface area (Å²) in [4.78, 5) is 0. The van der Waals surface area contributed by atoms with Crippen molar-refractivity contribution in [1.29, 1.82) is 0 Å². The van der Waals surface area contributed by atoms with Crippen LogP contribution in [0.25, 0.3) is 0 Å². The maximum Gasteiger partial charge on any atom is 0.161 e. The van der Waals surface area contributed by atoms with Crippen LogP contribution in [0.15, 0.2) is 12.2 Å². The van der Waals surface area contributed by atoms with Crippen molar-refractivity contribution in [2.45, 2.75) is 23.2 Å². The highest BCUT2D eigenvalue weighted by atomic mass is 32.2. The molecule has 3 rings (SSSR count). The van der Waals surface area contributed by atoms with E-state index in [1.807, 2.05) is 23.5 Å². The SMILES string of the molecule is C1=C[C@H]2CC3(O[C@H]2C1)SCCS3. The van der Waals surface area contributed by atoms with Gasteiger partial charge in [0.15, 0.2) is 4.27 Å². The van der Waals surface area contributed by atoms with Gasteiger partial charge in [0.2, 0.25) is 0 Å². The molecule has 3 heteroatoms. The van der Waals surface area contributed by atoms with Gasteiger partial charge >= 0.3 is 0 Å². The Labute approximate surface area is 81.3 Å². The second-order valence-electron chi connectivity index (χ2n) is 3.57. The maximum absolute atomic E-state index is 6.10. The van der Waals surface area contributed by atoms with Crippen molar-refractivity contribution >= 4 is 23.5 Å². The minimum Gasteiger partial charge on any atom is -0.351 e. The molecule has 0 unspecified atom stereocenters. The lowest BCUT2D eigenvalue weighted by Gasteiger charge is -2.21.